The lowest BCUT2D eigenvalue weighted by atomic mass is 9.91. The minimum absolute atomic E-state index is 0.601. The summed E-state index contributed by atoms with van der Waals surface area (Å²) in [7, 11) is 1.54. The zero-order chi connectivity index (χ0) is 7.61. The largest absolute Gasteiger partial charge is 0.365 e. The maximum atomic E-state index is 9.57. The smallest absolute Gasteiger partial charge is 0.168 e. The molecule has 1 rings (SSSR count). The molecule has 1 atom stereocenters. The zero-order valence-corrected chi connectivity index (χ0v) is 6.39. The summed E-state index contributed by atoms with van der Waals surface area (Å²) in [6, 6.07) is 0. The molecule has 0 aliphatic heterocycles. The molecule has 1 fully saturated rings. The van der Waals surface area contributed by atoms with Crippen molar-refractivity contribution in [3.63, 3.8) is 0 Å². The summed E-state index contributed by atoms with van der Waals surface area (Å²) in [6.07, 6.45) is 3.36. The van der Waals surface area contributed by atoms with Gasteiger partial charge in [-0.3, -0.25) is 0 Å². The average molecular weight is 142 g/mol. The Balaban J connectivity index is 2.53. The molecule has 0 bridgehead atoms. The first-order chi connectivity index (χ1) is 4.66. The molecule has 0 saturated heterocycles. The van der Waals surface area contributed by atoms with E-state index in [0.717, 1.165) is 24.8 Å². The first kappa shape index (κ1) is 7.76. The minimum Gasteiger partial charge on any atom is -0.365 e. The average Bonchev–Trinajstić information content (AvgIpc) is 1.88. The number of ether oxygens (including phenoxy) is 1. The van der Waals surface area contributed by atoms with E-state index in [4.69, 9.17) is 4.74 Å². The van der Waals surface area contributed by atoms with Crippen LogP contribution in [0.15, 0.2) is 12.2 Å². The van der Waals surface area contributed by atoms with Gasteiger partial charge in [0.25, 0.3) is 0 Å². The van der Waals surface area contributed by atoms with Crippen LogP contribution >= 0.6 is 0 Å². The Morgan fingerprint density at radius 1 is 1.70 bits per heavy atom. The molecule has 2 nitrogen and oxygen atoms in total. The van der Waals surface area contributed by atoms with Crippen molar-refractivity contribution in [2.45, 2.75) is 31.5 Å². The van der Waals surface area contributed by atoms with Gasteiger partial charge in [0, 0.05) is 20.0 Å². The maximum Gasteiger partial charge on any atom is 0.168 e. The number of hydrogen-bond acceptors (Lipinski definition) is 2. The van der Waals surface area contributed by atoms with Gasteiger partial charge in [-0.05, 0) is 12.8 Å². The van der Waals surface area contributed by atoms with Gasteiger partial charge in [-0.1, -0.05) is 12.2 Å². The molecule has 0 amide bonds. The van der Waals surface area contributed by atoms with Gasteiger partial charge < -0.3 is 9.84 Å². The number of hydrogen-bond donors (Lipinski definition) is 1. The predicted molar refractivity (Wildman–Crippen MR) is 39.6 cm³/mol. The van der Waals surface area contributed by atoms with Crippen molar-refractivity contribution in [2.75, 3.05) is 7.11 Å². The van der Waals surface area contributed by atoms with E-state index in [1.807, 2.05) is 0 Å². The predicted octanol–water partition coefficient (Wildman–Crippen LogP) is 1.45. The van der Waals surface area contributed by atoms with Crippen molar-refractivity contribution < 1.29 is 9.84 Å². The Morgan fingerprint density at radius 2 is 2.40 bits per heavy atom. The third-order valence-corrected chi connectivity index (χ3v) is 2.00. The molecular weight excluding hydrogens is 128 g/mol. The summed E-state index contributed by atoms with van der Waals surface area (Å²) in [5.41, 5.74) is 1.09. The Morgan fingerprint density at radius 3 is 2.80 bits per heavy atom. The van der Waals surface area contributed by atoms with Gasteiger partial charge in [0.15, 0.2) is 5.79 Å². The van der Waals surface area contributed by atoms with Gasteiger partial charge in [-0.2, -0.15) is 0 Å². The standard InChI is InChI=1S/C8H14O2/c1-7-4-3-5-8(9,6-7)10-2/h9H,1,3-6H2,2H3. The molecular formula is C8H14O2. The lowest BCUT2D eigenvalue weighted by molar-refractivity contribution is -0.194. The number of rotatable bonds is 1. The molecule has 0 heterocycles. The fraction of sp³-hybridized carbons (Fsp3) is 0.750. The van der Waals surface area contributed by atoms with E-state index in [2.05, 4.69) is 6.58 Å². The highest BCUT2D eigenvalue weighted by Crippen LogP contribution is 2.30. The highest BCUT2D eigenvalue weighted by molar-refractivity contribution is 5.02. The summed E-state index contributed by atoms with van der Waals surface area (Å²) < 4.78 is 4.94. The first-order valence-corrected chi connectivity index (χ1v) is 3.60. The second kappa shape index (κ2) is 2.72. The number of aliphatic hydroxyl groups is 1. The summed E-state index contributed by atoms with van der Waals surface area (Å²) in [5, 5.41) is 9.57. The molecule has 1 saturated carbocycles. The monoisotopic (exact) mass is 142 g/mol. The minimum atomic E-state index is -0.907. The zero-order valence-electron chi connectivity index (χ0n) is 6.39. The van der Waals surface area contributed by atoms with Gasteiger partial charge in [0.2, 0.25) is 0 Å². The fourth-order valence-corrected chi connectivity index (χ4v) is 1.36. The van der Waals surface area contributed by atoms with Crippen LogP contribution in [0.2, 0.25) is 0 Å². The van der Waals surface area contributed by atoms with Crippen LogP contribution in [-0.2, 0) is 4.74 Å². The van der Waals surface area contributed by atoms with Crippen LogP contribution in [-0.4, -0.2) is 18.0 Å². The number of methoxy groups -OCH3 is 1. The molecule has 1 N–H and O–H groups in total. The van der Waals surface area contributed by atoms with E-state index in [9.17, 15) is 5.11 Å². The normalized spacial score (nSPS) is 34.4. The summed E-state index contributed by atoms with van der Waals surface area (Å²) in [5.74, 6) is -0.907. The topological polar surface area (TPSA) is 29.5 Å². The molecule has 0 aromatic heterocycles. The molecule has 0 aromatic carbocycles. The van der Waals surface area contributed by atoms with Crippen molar-refractivity contribution in [2.24, 2.45) is 0 Å². The maximum absolute atomic E-state index is 9.57. The second-order valence-corrected chi connectivity index (χ2v) is 2.93. The molecule has 0 spiro atoms. The first-order valence-electron chi connectivity index (χ1n) is 3.60. The third kappa shape index (κ3) is 1.58. The van der Waals surface area contributed by atoms with Crippen molar-refractivity contribution >= 4 is 0 Å². The molecule has 1 aliphatic carbocycles. The Bertz CT molecular complexity index is 142. The van der Waals surface area contributed by atoms with Gasteiger partial charge in [-0.25, -0.2) is 0 Å². The summed E-state index contributed by atoms with van der Waals surface area (Å²) in [6.45, 7) is 3.82. The van der Waals surface area contributed by atoms with E-state index in [1.54, 1.807) is 7.11 Å². The van der Waals surface area contributed by atoms with Crippen LogP contribution in [0.1, 0.15) is 25.7 Å². The quantitative estimate of drug-likeness (QED) is 0.443. The summed E-state index contributed by atoms with van der Waals surface area (Å²) in [4.78, 5) is 0. The Labute approximate surface area is 61.5 Å². The van der Waals surface area contributed by atoms with Gasteiger partial charge in [-0.15, -0.1) is 0 Å². The van der Waals surface area contributed by atoms with Gasteiger partial charge >= 0.3 is 0 Å². The van der Waals surface area contributed by atoms with Crippen LogP contribution in [0.5, 0.6) is 0 Å². The van der Waals surface area contributed by atoms with Gasteiger partial charge in [0.1, 0.15) is 0 Å². The Kier molecular flexibility index (Phi) is 2.11. The van der Waals surface area contributed by atoms with Crippen LogP contribution in [0, 0.1) is 0 Å². The van der Waals surface area contributed by atoms with E-state index >= 15 is 0 Å². The fourth-order valence-electron chi connectivity index (χ4n) is 1.36. The summed E-state index contributed by atoms with van der Waals surface area (Å²) >= 11 is 0. The molecule has 0 radical (unpaired) electrons. The van der Waals surface area contributed by atoms with E-state index < -0.39 is 5.79 Å². The second-order valence-electron chi connectivity index (χ2n) is 2.93. The van der Waals surface area contributed by atoms with E-state index in [1.165, 1.54) is 0 Å². The SMILES string of the molecule is C=C1CCCC(O)(OC)C1. The van der Waals surface area contributed by atoms with Crippen molar-refractivity contribution in [1.29, 1.82) is 0 Å². The highest BCUT2D eigenvalue weighted by Gasteiger charge is 2.29. The lowest BCUT2D eigenvalue weighted by Crippen LogP contribution is -2.33. The van der Waals surface area contributed by atoms with Gasteiger partial charge in [0.05, 0.1) is 0 Å². The molecule has 1 aliphatic rings. The van der Waals surface area contributed by atoms with Crippen LogP contribution in [0.25, 0.3) is 0 Å². The van der Waals surface area contributed by atoms with Crippen LogP contribution < -0.4 is 0 Å². The lowest BCUT2D eigenvalue weighted by Gasteiger charge is -2.31. The molecule has 58 valence electrons. The van der Waals surface area contributed by atoms with E-state index in [0.29, 0.717) is 6.42 Å². The third-order valence-electron chi connectivity index (χ3n) is 2.00. The van der Waals surface area contributed by atoms with Crippen molar-refractivity contribution in [3.8, 4) is 0 Å². The molecule has 1 unspecified atom stereocenters. The Hall–Kier alpha value is -0.340. The van der Waals surface area contributed by atoms with E-state index in [-0.39, 0.29) is 0 Å². The van der Waals surface area contributed by atoms with Crippen LogP contribution in [0.3, 0.4) is 0 Å². The van der Waals surface area contributed by atoms with Crippen molar-refractivity contribution in [1.82, 2.24) is 0 Å². The molecule has 0 aromatic rings. The molecule has 10 heavy (non-hydrogen) atoms. The highest BCUT2D eigenvalue weighted by atomic mass is 16.6. The van der Waals surface area contributed by atoms with Crippen LogP contribution in [0.4, 0.5) is 0 Å². The van der Waals surface area contributed by atoms with Crippen molar-refractivity contribution in [3.05, 3.63) is 12.2 Å². The molecule has 2 heteroatoms.